The van der Waals surface area contributed by atoms with Crippen LogP contribution in [0, 0.1) is 4.77 Å². The van der Waals surface area contributed by atoms with Gasteiger partial charge in [0.05, 0.1) is 10.9 Å². The van der Waals surface area contributed by atoms with Gasteiger partial charge >= 0.3 is 0 Å². The SMILES string of the molecule is O=C(Cn1c(-c2cccs2)n[nH]c1=S)N[C@@H]1CCCc2ccccc21. The number of aromatic amines is 1. The highest BCUT2D eigenvalue weighted by Crippen LogP contribution is 2.29. The van der Waals surface area contributed by atoms with Crippen LogP contribution in [0.1, 0.15) is 30.0 Å². The predicted octanol–water partition coefficient (Wildman–Crippen LogP) is 3.86. The van der Waals surface area contributed by atoms with Gasteiger partial charge in [-0.3, -0.25) is 14.5 Å². The highest BCUT2D eigenvalue weighted by atomic mass is 32.1. The Bertz CT molecular complexity index is 942. The first-order chi connectivity index (χ1) is 12.2. The molecule has 3 aromatic rings. The van der Waals surface area contributed by atoms with Crippen LogP contribution in [0.4, 0.5) is 0 Å². The van der Waals surface area contributed by atoms with Gasteiger partial charge in [0.25, 0.3) is 0 Å². The molecular weight excluding hydrogens is 352 g/mol. The molecule has 0 fully saturated rings. The fourth-order valence-corrected chi connectivity index (χ4v) is 4.26. The van der Waals surface area contributed by atoms with Gasteiger partial charge in [0, 0.05) is 0 Å². The van der Waals surface area contributed by atoms with Crippen LogP contribution in [-0.4, -0.2) is 20.7 Å². The lowest BCUT2D eigenvalue weighted by Gasteiger charge is -2.26. The Hall–Kier alpha value is -2.25. The van der Waals surface area contributed by atoms with Crippen LogP contribution in [0.2, 0.25) is 0 Å². The summed E-state index contributed by atoms with van der Waals surface area (Å²) in [7, 11) is 0. The summed E-state index contributed by atoms with van der Waals surface area (Å²) in [5.41, 5.74) is 2.56. The number of benzene rings is 1. The Kier molecular flexibility index (Phi) is 4.50. The molecule has 4 rings (SSSR count). The molecule has 2 heterocycles. The van der Waals surface area contributed by atoms with Crippen molar-refractivity contribution in [1.29, 1.82) is 0 Å². The molecule has 1 aliphatic carbocycles. The molecule has 0 bridgehead atoms. The number of thiophene rings is 1. The van der Waals surface area contributed by atoms with E-state index in [4.69, 9.17) is 12.2 Å². The first kappa shape index (κ1) is 16.2. The molecule has 1 atom stereocenters. The van der Waals surface area contributed by atoms with Gasteiger partial charge in [0.2, 0.25) is 5.91 Å². The molecule has 5 nitrogen and oxygen atoms in total. The molecule has 0 spiro atoms. The van der Waals surface area contributed by atoms with Crippen LogP contribution < -0.4 is 5.32 Å². The zero-order valence-corrected chi connectivity index (χ0v) is 15.2. The zero-order chi connectivity index (χ0) is 17.2. The predicted molar refractivity (Wildman–Crippen MR) is 101 cm³/mol. The number of aromatic nitrogens is 3. The molecule has 25 heavy (non-hydrogen) atoms. The molecule has 2 N–H and O–H groups in total. The van der Waals surface area contributed by atoms with Gasteiger partial charge in [-0.15, -0.1) is 11.3 Å². The number of carbonyl (C=O) groups excluding carboxylic acids is 1. The van der Waals surface area contributed by atoms with E-state index in [1.807, 2.05) is 23.6 Å². The second kappa shape index (κ2) is 6.93. The maximum absolute atomic E-state index is 12.6. The molecule has 0 saturated carbocycles. The van der Waals surface area contributed by atoms with E-state index in [0.717, 1.165) is 24.1 Å². The third-order valence-corrected chi connectivity index (χ3v) is 5.68. The number of H-pyrrole nitrogens is 1. The van der Waals surface area contributed by atoms with Gasteiger partial charge in [0.1, 0.15) is 6.54 Å². The van der Waals surface area contributed by atoms with E-state index in [0.29, 0.717) is 10.6 Å². The van der Waals surface area contributed by atoms with Gasteiger partial charge in [-0.05, 0) is 54.1 Å². The topological polar surface area (TPSA) is 62.7 Å². The lowest BCUT2D eigenvalue weighted by Crippen LogP contribution is -2.33. The Morgan fingerprint density at radius 1 is 1.36 bits per heavy atom. The van der Waals surface area contributed by atoms with Crippen molar-refractivity contribution in [3.63, 3.8) is 0 Å². The van der Waals surface area contributed by atoms with Crippen molar-refractivity contribution < 1.29 is 4.79 Å². The van der Waals surface area contributed by atoms with Gasteiger partial charge in [-0.2, -0.15) is 5.10 Å². The summed E-state index contributed by atoms with van der Waals surface area (Å²) < 4.78 is 2.22. The average Bonchev–Trinajstić information content (AvgIpc) is 3.26. The Morgan fingerprint density at radius 3 is 3.08 bits per heavy atom. The Labute approximate surface area is 154 Å². The average molecular weight is 371 g/mol. The van der Waals surface area contributed by atoms with Gasteiger partial charge in [0.15, 0.2) is 10.6 Å². The maximum atomic E-state index is 12.6. The van der Waals surface area contributed by atoms with E-state index in [2.05, 4.69) is 33.7 Å². The van der Waals surface area contributed by atoms with Crippen LogP contribution in [0.3, 0.4) is 0 Å². The molecule has 1 aliphatic rings. The van der Waals surface area contributed by atoms with Crippen LogP contribution in [0.5, 0.6) is 0 Å². The van der Waals surface area contributed by atoms with E-state index in [-0.39, 0.29) is 18.5 Å². The third kappa shape index (κ3) is 3.29. The second-order valence-corrected chi connectivity index (χ2v) is 7.46. The number of hydrogen-bond acceptors (Lipinski definition) is 4. The van der Waals surface area contributed by atoms with Crippen molar-refractivity contribution in [2.24, 2.45) is 0 Å². The molecule has 2 aromatic heterocycles. The highest BCUT2D eigenvalue weighted by Gasteiger charge is 2.22. The zero-order valence-electron chi connectivity index (χ0n) is 13.6. The smallest absolute Gasteiger partial charge is 0.240 e. The maximum Gasteiger partial charge on any atom is 0.240 e. The van der Waals surface area contributed by atoms with E-state index in [1.54, 1.807) is 15.9 Å². The van der Waals surface area contributed by atoms with Gasteiger partial charge < -0.3 is 5.32 Å². The second-order valence-electron chi connectivity index (χ2n) is 6.13. The highest BCUT2D eigenvalue weighted by molar-refractivity contribution is 7.71. The Morgan fingerprint density at radius 2 is 2.24 bits per heavy atom. The summed E-state index contributed by atoms with van der Waals surface area (Å²) in [6.07, 6.45) is 3.14. The molecule has 1 aromatic carbocycles. The van der Waals surface area contributed by atoms with Crippen LogP contribution in [-0.2, 0) is 17.8 Å². The minimum Gasteiger partial charge on any atom is -0.348 e. The fourth-order valence-electron chi connectivity index (χ4n) is 3.35. The number of rotatable bonds is 4. The van der Waals surface area contributed by atoms with E-state index in [9.17, 15) is 4.79 Å². The van der Waals surface area contributed by atoms with Crippen molar-refractivity contribution in [1.82, 2.24) is 20.1 Å². The van der Waals surface area contributed by atoms with Crippen molar-refractivity contribution >= 4 is 29.5 Å². The first-order valence-corrected chi connectivity index (χ1v) is 9.57. The lowest BCUT2D eigenvalue weighted by molar-refractivity contribution is -0.122. The minimum absolute atomic E-state index is 0.0444. The Balaban J connectivity index is 1.53. The molecule has 1 amide bonds. The van der Waals surface area contributed by atoms with E-state index >= 15 is 0 Å². The minimum atomic E-state index is -0.0444. The van der Waals surface area contributed by atoms with Crippen LogP contribution >= 0.6 is 23.6 Å². The normalized spacial score (nSPS) is 16.4. The number of amides is 1. The van der Waals surface area contributed by atoms with Crippen molar-refractivity contribution in [3.05, 3.63) is 57.7 Å². The molecule has 128 valence electrons. The van der Waals surface area contributed by atoms with Crippen molar-refractivity contribution in [3.8, 4) is 10.7 Å². The number of hydrogen-bond donors (Lipinski definition) is 2. The van der Waals surface area contributed by atoms with Crippen LogP contribution in [0.15, 0.2) is 41.8 Å². The summed E-state index contributed by atoms with van der Waals surface area (Å²) >= 11 is 6.88. The number of nitrogens with one attached hydrogen (secondary N) is 2. The summed E-state index contributed by atoms with van der Waals surface area (Å²) in [6, 6.07) is 12.4. The number of nitrogens with zero attached hydrogens (tertiary/aromatic N) is 2. The summed E-state index contributed by atoms with van der Waals surface area (Å²) in [5.74, 6) is 0.663. The molecule has 0 saturated heterocycles. The monoisotopic (exact) mass is 370 g/mol. The number of fused-ring (bicyclic) bond motifs is 1. The van der Waals surface area contributed by atoms with Crippen molar-refractivity contribution in [2.45, 2.75) is 31.8 Å². The largest absolute Gasteiger partial charge is 0.348 e. The van der Waals surface area contributed by atoms with Crippen LogP contribution in [0.25, 0.3) is 10.7 Å². The molecule has 7 heteroatoms. The molecule has 0 aliphatic heterocycles. The van der Waals surface area contributed by atoms with Gasteiger partial charge in [-0.1, -0.05) is 30.3 Å². The third-order valence-electron chi connectivity index (χ3n) is 4.51. The van der Waals surface area contributed by atoms with E-state index in [1.165, 1.54) is 11.1 Å². The first-order valence-electron chi connectivity index (χ1n) is 8.28. The van der Waals surface area contributed by atoms with E-state index < -0.39 is 0 Å². The standard InChI is InChI=1S/C18H18N4OS2/c23-16(19-14-8-3-6-12-5-1-2-7-13(12)14)11-22-17(20-21-18(22)24)15-9-4-10-25-15/h1-2,4-5,7,9-10,14H,3,6,8,11H2,(H,19,23)(H,21,24)/t14-/m1/s1. The summed E-state index contributed by atoms with van der Waals surface area (Å²) in [4.78, 5) is 13.6. The quantitative estimate of drug-likeness (QED) is 0.686. The summed E-state index contributed by atoms with van der Waals surface area (Å²) in [5, 5.41) is 12.2. The number of carbonyl (C=O) groups is 1. The lowest BCUT2D eigenvalue weighted by atomic mass is 9.88. The molecule has 0 unspecified atom stereocenters. The summed E-state index contributed by atoms with van der Waals surface area (Å²) in [6.45, 7) is 0.168. The number of aryl methyl sites for hydroxylation is 1. The van der Waals surface area contributed by atoms with Gasteiger partial charge in [-0.25, -0.2) is 0 Å². The van der Waals surface area contributed by atoms with Crippen molar-refractivity contribution in [2.75, 3.05) is 0 Å². The molecule has 0 radical (unpaired) electrons. The fraction of sp³-hybridized carbons (Fsp3) is 0.278. The molecular formula is C18H18N4OS2.